The number of carbonyl (C=O) groups excluding carboxylic acids is 4. The van der Waals surface area contributed by atoms with Crippen molar-refractivity contribution in [2.45, 2.75) is 78.0 Å². The number of aryl methyl sites for hydroxylation is 2. The molecular formula is C45H57N7O8. The van der Waals surface area contributed by atoms with Crippen LogP contribution in [0.2, 0.25) is 0 Å². The molecule has 4 aromatic rings. The van der Waals surface area contributed by atoms with E-state index in [9.17, 15) is 19.2 Å². The third-order valence-corrected chi connectivity index (χ3v) is 9.52. The lowest BCUT2D eigenvalue weighted by Crippen LogP contribution is -2.39. The molecule has 2 aliphatic heterocycles. The lowest BCUT2D eigenvalue weighted by atomic mass is 9.91. The number of aromatic nitrogens is 4. The molecule has 6 rings (SSSR count). The monoisotopic (exact) mass is 823 g/mol. The van der Waals surface area contributed by atoms with Crippen LogP contribution < -0.4 is 15.1 Å². The van der Waals surface area contributed by atoms with Crippen LogP contribution in [0.4, 0.5) is 21.0 Å². The van der Waals surface area contributed by atoms with Gasteiger partial charge in [-0.3, -0.25) is 14.6 Å². The van der Waals surface area contributed by atoms with Crippen molar-refractivity contribution in [3.05, 3.63) is 95.1 Å². The number of anilines is 2. The smallest absolute Gasteiger partial charge is 0.414 e. The van der Waals surface area contributed by atoms with Gasteiger partial charge < -0.3 is 33.4 Å². The summed E-state index contributed by atoms with van der Waals surface area (Å²) in [5.74, 6) is -0.683. The Morgan fingerprint density at radius 1 is 0.733 bits per heavy atom. The van der Waals surface area contributed by atoms with Crippen LogP contribution in [0.5, 0.6) is 0 Å². The highest BCUT2D eigenvalue weighted by Crippen LogP contribution is 2.39. The highest BCUT2D eigenvalue weighted by molar-refractivity contribution is 5.99. The molecule has 320 valence electrons. The molecule has 0 bridgehead atoms. The van der Waals surface area contributed by atoms with Gasteiger partial charge in [0, 0.05) is 50.7 Å². The van der Waals surface area contributed by atoms with Crippen LogP contribution in [0, 0.1) is 0 Å². The second-order valence-electron chi connectivity index (χ2n) is 16.7. The summed E-state index contributed by atoms with van der Waals surface area (Å²) in [5.41, 5.74) is 7.45. The minimum absolute atomic E-state index is 0.174. The predicted molar refractivity (Wildman–Crippen MR) is 231 cm³/mol. The topological polar surface area (TPSA) is 159 Å². The lowest BCUT2D eigenvalue weighted by Gasteiger charge is -2.33. The van der Waals surface area contributed by atoms with Gasteiger partial charge in [-0.25, -0.2) is 24.4 Å². The van der Waals surface area contributed by atoms with E-state index >= 15 is 0 Å². The molecule has 1 atom stereocenters. The Kier molecular flexibility index (Phi) is 14.1. The molecule has 1 N–H and O–H groups in total. The molecule has 0 saturated heterocycles. The summed E-state index contributed by atoms with van der Waals surface area (Å²) in [6.07, 6.45) is 12.1. The van der Waals surface area contributed by atoms with E-state index in [4.69, 9.17) is 18.9 Å². The lowest BCUT2D eigenvalue weighted by molar-refractivity contribution is -0.143. The van der Waals surface area contributed by atoms with Gasteiger partial charge in [0.15, 0.2) is 0 Å². The van der Waals surface area contributed by atoms with E-state index in [0.29, 0.717) is 25.9 Å². The van der Waals surface area contributed by atoms with Gasteiger partial charge in [-0.1, -0.05) is 12.1 Å². The number of hydrogen-bond acceptors (Lipinski definition) is 11. The number of benzene rings is 2. The molecule has 0 fully saturated rings. The Labute approximate surface area is 352 Å². The fourth-order valence-corrected chi connectivity index (χ4v) is 6.85. The average molecular weight is 824 g/mol. The SMILES string of the molecule is CNC(C(=O)OC)c1ccc2c(c1)/C(=C/c1cn(C)cn1)CCN2C(=O)OC(C)(C)C.COC(=O)Cc1ccc2c(c1)/C(=C/c1cn(C)cn1)CCN2C(=O)OC(C)(C)C. The Hall–Kier alpha value is -6.22. The van der Waals surface area contributed by atoms with Crippen molar-refractivity contribution in [3.8, 4) is 0 Å². The number of nitrogens with zero attached hydrogens (tertiary/aromatic N) is 6. The summed E-state index contributed by atoms with van der Waals surface area (Å²) >= 11 is 0. The number of likely N-dealkylation sites (N-methyl/N-ethyl adjacent to an activating group) is 1. The summed E-state index contributed by atoms with van der Waals surface area (Å²) in [7, 11) is 8.28. The number of imidazole rings is 2. The highest BCUT2D eigenvalue weighted by atomic mass is 16.6. The van der Waals surface area contributed by atoms with Crippen molar-refractivity contribution in [1.29, 1.82) is 0 Å². The van der Waals surface area contributed by atoms with E-state index in [1.807, 2.05) is 126 Å². The van der Waals surface area contributed by atoms with E-state index in [0.717, 1.165) is 56.2 Å². The molecule has 2 aromatic heterocycles. The van der Waals surface area contributed by atoms with Gasteiger partial charge in [-0.15, -0.1) is 0 Å². The molecule has 60 heavy (non-hydrogen) atoms. The summed E-state index contributed by atoms with van der Waals surface area (Å²) in [4.78, 5) is 61.6. The van der Waals surface area contributed by atoms with Crippen LogP contribution in [-0.4, -0.2) is 88.8 Å². The van der Waals surface area contributed by atoms with Crippen LogP contribution in [-0.2, 0) is 49.1 Å². The van der Waals surface area contributed by atoms with Crippen molar-refractivity contribution < 1.29 is 38.1 Å². The molecule has 15 nitrogen and oxygen atoms in total. The zero-order chi connectivity index (χ0) is 43.9. The van der Waals surface area contributed by atoms with Crippen LogP contribution in [0.3, 0.4) is 0 Å². The Morgan fingerprint density at radius 2 is 1.22 bits per heavy atom. The van der Waals surface area contributed by atoms with Gasteiger partial charge in [0.1, 0.15) is 17.2 Å². The van der Waals surface area contributed by atoms with Crippen molar-refractivity contribution in [2.24, 2.45) is 14.1 Å². The first-order valence-corrected chi connectivity index (χ1v) is 19.8. The van der Waals surface area contributed by atoms with Gasteiger partial charge in [0.25, 0.3) is 0 Å². The number of esters is 2. The standard InChI is InChI=1S/C23H30N4O4.C22H27N3O4/c1-23(2,3)31-22(29)27-10-9-15(11-17-13-26(5)14-25-17)18-12-16(7-8-19(18)27)20(24-4)21(28)30-6;1-22(2,3)29-21(27)25-9-8-16(12-17-13-24(4)14-23-17)18-10-15(6-7-19(18)25)11-20(26)28-5/h7-8,11-14,20,24H,9-10H2,1-6H3;6-7,10,12-14H,8-9,11H2,1-5H3/b15-11+;16-12+. The highest BCUT2D eigenvalue weighted by Gasteiger charge is 2.32. The number of rotatable bonds is 7. The summed E-state index contributed by atoms with van der Waals surface area (Å²) in [6.45, 7) is 12.1. The Morgan fingerprint density at radius 3 is 1.63 bits per heavy atom. The first-order chi connectivity index (χ1) is 28.3. The summed E-state index contributed by atoms with van der Waals surface area (Å²) < 4.78 is 24.7. The van der Waals surface area contributed by atoms with Gasteiger partial charge in [-0.2, -0.15) is 0 Å². The van der Waals surface area contributed by atoms with Gasteiger partial charge in [0.2, 0.25) is 0 Å². The van der Waals surface area contributed by atoms with Crippen LogP contribution >= 0.6 is 0 Å². The van der Waals surface area contributed by atoms with E-state index in [2.05, 4.69) is 15.3 Å². The van der Waals surface area contributed by atoms with Crippen molar-refractivity contribution in [1.82, 2.24) is 24.4 Å². The van der Waals surface area contributed by atoms with E-state index in [1.165, 1.54) is 14.2 Å². The first kappa shape index (κ1) is 44.9. The predicted octanol–water partition coefficient (Wildman–Crippen LogP) is 7.36. The average Bonchev–Trinajstić information content (AvgIpc) is 3.80. The molecule has 2 aliphatic rings. The number of methoxy groups -OCH3 is 2. The quantitative estimate of drug-likeness (QED) is 0.147. The fourth-order valence-electron chi connectivity index (χ4n) is 6.85. The molecule has 15 heteroatoms. The molecule has 4 heterocycles. The normalized spacial score (nSPS) is 15.7. The van der Waals surface area contributed by atoms with Crippen molar-refractivity contribution in [3.63, 3.8) is 0 Å². The van der Waals surface area contributed by atoms with Gasteiger partial charge in [0.05, 0.1) is 56.1 Å². The fraction of sp³-hybridized carbons (Fsp3) is 0.422. The zero-order valence-electron chi connectivity index (χ0n) is 36.5. The maximum absolute atomic E-state index is 12.9. The molecule has 2 amide bonds. The summed E-state index contributed by atoms with van der Waals surface area (Å²) in [6, 6.07) is 10.7. The zero-order valence-corrected chi connectivity index (χ0v) is 36.5. The number of fused-ring (bicyclic) bond motifs is 2. The first-order valence-electron chi connectivity index (χ1n) is 19.8. The number of carbonyl (C=O) groups is 4. The number of amides is 2. The maximum Gasteiger partial charge on any atom is 0.414 e. The number of nitrogens with one attached hydrogen (secondary N) is 1. The summed E-state index contributed by atoms with van der Waals surface area (Å²) in [5, 5.41) is 2.99. The molecule has 0 spiro atoms. The second-order valence-corrected chi connectivity index (χ2v) is 16.7. The van der Waals surface area contributed by atoms with Crippen LogP contribution in [0.25, 0.3) is 23.3 Å². The largest absolute Gasteiger partial charge is 0.469 e. The molecule has 0 radical (unpaired) electrons. The van der Waals surface area contributed by atoms with Gasteiger partial charge >= 0.3 is 24.1 Å². The minimum Gasteiger partial charge on any atom is -0.469 e. The van der Waals surface area contributed by atoms with Crippen molar-refractivity contribution in [2.75, 3.05) is 44.2 Å². The minimum atomic E-state index is -0.608. The second kappa shape index (κ2) is 18.8. The van der Waals surface area contributed by atoms with E-state index < -0.39 is 23.3 Å². The molecule has 2 aromatic carbocycles. The Balaban J connectivity index is 0.000000228. The molecule has 0 aliphatic carbocycles. The Bertz CT molecular complexity index is 2270. The van der Waals surface area contributed by atoms with Crippen molar-refractivity contribution >= 4 is 58.8 Å². The van der Waals surface area contributed by atoms with Crippen LogP contribution in [0.15, 0.2) is 61.4 Å². The van der Waals surface area contributed by atoms with Gasteiger partial charge in [-0.05, 0) is 120 Å². The maximum atomic E-state index is 12.9. The number of hydrogen-bond donors (Lipinski definition) is 1. The number of ether oxygens (including phenoxy) is 4. The van der Waals surface area contributed by atoms with E-state index in [1.54, 1.807) is 29.5 Å². The third-order valence-electron chi connectivity index (χ3n) is 9.52. The van der Waals surface area contributed by atoms with Crippen LogP contribution in [0.1, 0.15) is 94.1 Å². The molecule has 1 unspecified atom stereocenters. The molecule has 0 saturated carbocycles. The van der Waals surface area contributed by atoms with E-state index in [-0.39, 0.29) is 24.5 Å². The molecular weight excluding hydrogens is 767 g/mol. The third kappa shape index (κ3) is 11.5.